The molecule has 3 aromatic rings. The molecule has 0 saturated carbocycles. The first-order valence-electron chi connectivity index (χ1n) is 7.95. The van der Waals surface area contributed by atoms with Crippen molar-refractivity contribution in [3.05, 3.63) is 57.7 Å². The van der Waals surface area contributed by atoms with E-state index in [2.05, 4.69) is 10.4 Å². The minimum absolute atomic E-state index is 0.273. The quantitative estimate of drug-likeness (QED) is 0.719. The molecule has 0 radical (unpaired) electrons. The Morgan fingerprint density at radius 3 is 2.84 bits per heavy atom. The van der Waals surface area contributed by atoms with Crippen molar-refractivity contribution in [3.8, 4) is 5.75 Å². The van der Waals surface area contributed by atoms with E-state index < -0.39 is 5.63 Å². The Bertz CT molecular complexity index is 988. The molecule has 2 heterocycles. The van der Waals surface area contributed by atoms with Crippen LogP contribution in [0.15, 0.2) is 39.7 Å². The van der Waals surface area contributed by atoms with Crippen LogP contribution in [0, 0.1) is 6.92 Å². The van der Waals surface area contributed by atoms with Gasteiger partial charge in [0.25, 0.3) is 5.91 Å². The number of hydrogen-bond donors (Lipinski definition) is 1. The molecule has 0 aliphatic rings. The number of amides is 1. The summed E-state index contributed by atoms with van der Waals surface area (Å²) in [5.41, 5.74) is 1.94. The Kier molecular flexibility index (Phi) is 4.56. The van der Waals surface area contributed by atoms with E-state index in [4.69, 9.17) is 9.15 Å². The third-order valence-electron chi connectivity index (χ3n) is 4.14. The Morgan fingerprint density at radius 2 is 2.16 bits per heavy atom. The lowest BCUT2D eigenvalue weighted by molar-refractivity contribution is 0.0952. The van der Waals surface area contributed by atoms with Gasteiger partial charge in [0, 0.05) is 41.9 Å². The minimum atomic E-state index is -0.583. The summed E-state index contributed by atoms with van der Waals surface area (Å²) in [5.74, 6) is 0.211. The van der Waals surface area contributed by atoms with Crippen molar-refractivity contribution in [1.29, 1.82) is 0 Å². The second-order valence-corrected chi connectivity index (χ2v) is 5.59. The lowest BCUT2D eigenvalue weighted by Gasteiger charge is -2.08. The van der Waals surface area contributed by atoms with Gasteiger partial charge < -0.3 is 14.5 Å². The number of methoxy groups -OCH3 is 1. The molecule has 1 N–H and O–H groups in total. The van der Waals surface area contributed by atoms with Gasteiger partial charge in [-0.05, 0) is 26.0 Å². The highest BCUT2D eigenvalue weighted by Crippen LogP contribution is 2.22. The van der Waals surface area contributed by atoms with Crippen LogP contribution in [0.5, 0.6) is 5.75 Å². The predicted molar refractivity (Wildman–Crippen MR) is 92.8 cm³/mol. The SMILES string of the molecule is CCn1ncc(CNC(=O)c2cc(=O)oc3cc(OC)ccc23)c1C. The molecule has 1 aromatic carbocycles. The molecule has 1 amide bonds. The zero-order valence-electron chi connectivity index (χ0n) is 14.3. The normalized spacial score (nSPS) is 10.8. The summed E-state index contributed by atoms with van der Waals surface area (Å²) >= 11 is 0. The number of aromatic nitrogens is 2. The lowest BCUT2D eigenvalue weighted by Crippen LogP contribution is -2.24. The molecule has 0 atom stereocenters. The minimum Gasteiger partial charge on any atom is -0.497 e. The van der Waals surface area contributed by atoms with Gasteiger partial charge in [-0.25, -0.2) is 4.79 Å². The number of carbonyl (C=O) groups excluding carboxylic acids is 1. The molecule has 7 heteroatoms. The van der Waals surface area contributed by atoms with E-state index in [1.165, 1.54) is 13.2 Å². The van der Waals surface area contributed by atoms with Crippen molar-refractivity contribution in [1.82, 2.24) is 15.1 Å². The van der Waals surface area contributed by atoms with Crippen molar-refractivity contribution in [2.75, 3.05) is 7.11 Å². The van der Waals surface area contributed by atoms with Gasteiger partial charge in [0.15, 0.2) is 0 Å². The van der Waals surface area contributed by atoms with E-state index in [0.717, 1.165) is 17.8 Å². The Morgan fingerprint density at radius 1 is 1.36 bits per heavy atom. The van der Waals surface area contributed by atoms with E-state index in [1.807, 2.05) is 18.5 Å². The zero-order valence-corrected chi connectivity index (χ0v) is 14.3. The standard InChI is InChI=1S/C18H19N3O4/c1-4-21-11(2)12(10-20-21)9-19-18(23)15-8-17(22)25-16-7-13(24-3)5-6-14(15)16/h5-8,10H,4,9H2,1-3H3,(H,19,23). The molecule has 0 aliphatic carbocycles. The van der Waals surface area contributed by atoms with Crippen molar-refractivity contribution in [2.45, 2.75) is 26.9 Å². The van der Waals surface area contributed by atoms with Gasteiger partial charge in [0.05, 0.1) is 18.9 Å². The summed E-state index contributed by atoms with van der Waals surface area (Å²) in [6, 6.07) is 6.20. The summed E-state index contributed by atoms with van der Waals surface area (Å²) in [4.78, 5) is 24.4. The van der Waals surface area contributed by atoms with Crippen molar-refractivity contribution in [3.63, 3.8) is 0 Å². The van der Waals surface area contributed by atoms with Crippen LogP contribution in [0.2, 0.25) is 0 Å². The number of benzene rings is 1. The van der Waals surface area contributed by atoms with Gasteiger partial charge in [0.1, 0.15) is 11.3 Å². The van der Waals surface area contributed by atoms with Crippen LogP contribution in [-0.4, -0.2) is 22.8 Å². The highest BCUT2D eigenvalue weighted by Gasteiger charge is 2.15. The number of fused-ring (bicyclic) bond motifs is 1. The maximum absolute atomic E-state index is 12.6. The average Bonchev–Trinajstić information content (AvgIpc) is 2.98. The highest BCUT2D eigenvalue weighted by molar-refractivity contribution is 6.05. The monoisotopic (exact) mass is 341 g/mol. The van der Waals surface area contributed by atoms with E-state index >= 15 is 0 Å². The molecule has 25 heavy (non-hydrogen) atoms. The first-order chi connectivity index (χ1) is 12.0. The zero-order chi connectivity index (χ0) is 18.0. The molecule has 0 aliphatic heterocycles. The molecule has 130 valence electrons. The van der Waals surface area contributed by atoms with Crippen LogP contribution in [0.1, 0.15) is 28.5 Å². The average molecular weight is 341 g/mol. The molecule has 3 rings (SSSR count). The highest BCUT2D eigenvalue weighted by atomic mass is 16.5. The Labute approximate surface area is 144 Å². The van der Waals surface area contributed by atoms with Gasteiger partial charge in [-0.1, -0.05) is 0 Å². The van der Waals surface area contributed by atoms with Gasteiger partial charge >= 0.3 is 5.63 Å². The number of hydrogen-bond acceptors (Lipinski definition) is 5. The van der Waals surface area contributed by atoms with Crippen LogP contribution in [0.3, 0.4) is 0 Å². The molecule has 0 unspecified atom stereocenters. The summed E-state index contributed by atoms with van der Waals surface area (Å²) < 4.78 is 12.1. The molecule has 0 saturated heterocycles. The lowest BCUT2D eigenvalue weighted by atomic mass is 10.1. The van der Waals surface area contributed by atoms with Crippen LogP contribution in [0.25, 0.3) is 11.0 Å². The van der Waals surface area contributed by atoms with E-state index in [1.54, 1.807) is 24.4 Å². The maximum atomic E-state index is 12.6. The van der Waals surface area contributed by atoms with Crippen LogP contribution < -0.4 is 15.7 Å². The first kappa shape index (κ1) is 16.8. The third-order valence-corrected chi connectivity index (χ3v) is 4.14. The third kappa shape index (κ3) is 3.26. The van der Waals surface area contributed by atoms with Gasteiger partial charge in [-0.2, -0.15) is 5.10 Å². The van der Waals surface area contributed by atoms with E-state index in [-0.39, 0.29) is 11.5 Å². The van der Waals surface area contributed by atoms with E-state index in [0.29, 0.717) is 23.3 Å². The number of aryl methyl sites for hydroxylation is 1. The number of ether oxygens (including phenoxy) is 1. The van der Waals surface area contributed by atoms with Crippen molar-refractivity contribution >= 4 is 16.9 Å². The number of carbonyl (C=O) groups is 1. The topological polar surface area (TPSA) is 86.4 Å². The number of nitrogens with zero attached hydrogens (tertiary/aromatic N) is 2. The molecular formula is C18H19N3O4. The fourth-order valence-electron chi connectivity index (χ4n) is 2.71. The molecule has 0 bridgehead atoms. The molecule has 2 aromatic heterocycles. The van der Waals surface area contributed by atoms with Gasteiger partial charge in [0.2, 0.25) is 0 Å². The molecule has 7 nitrogen and oxygen atoms in total. The van der Waals surface area contributed by atoms with Crippen LogP contribution in [0.4, 0.5) is 0 Å². The van der Waals surface area contributed by atoms with Crippen LogP contribution in [-0.2, 0) is 13.1 Å². The second kappa shape index (κ2) is 6.80. The predicted octanol–water partition coefficient (Wildman–Crippen LogP) is 2.26. The summed E-state index contributed by atoms with van der Waals surface area (Å²) in [7, 11) is 1.52. The molecule has 0 fully saturated rings. The Balaban J connectivity index is 1.89. The molecule has 0 spiro atoms. The van der Waals surface area contributed by atoms with Crippen molar-refractivity contribution in [2.24, 2.45) is 0 Å². The Hall–Kier alpha value is -3.09. The van der Waals surface area contributed by atoms with Crippen LogP contribution >= 0.6 is 0 Å². The van der Waals surface area contributed by atoms with Crippen molar-refractivity contribution < 1.29 is 13.9 Å². The van der Waals surface area contributed by atoms with E-state index in [9.17, 15) is 9.59 Å². The maximum Gasteiger partial charge on any atom is 0.337 e. The number of rotatable bonds is 5. The second-order valence-electron chi connectivity index (χ2n) is 5.59. The fraction of sp³-hybridized carbons (Fsp3) is 0.278. The smallest absolute Gasteiger partial charge is 0.337 e. The summed E-state index contributed by atoms with van der Waals surface area (Å²) in [6.45, 7) is 5.07. The van der Waals surface area contributed by atoms with Gasteiger partial charge in [-0.15, -0.1) is 0 Å². The summed E-state index contributed by atoms with van der Waals surface area (Å²) in [5, 5.41) is 7.65. The largest absolute Gasteiger partial charge is 0.497 e. The fourth-order valence-corrected chi connectivity index (χ4v) is 2.71. The number of nitrogens with one attached hydrogen (secondary N) is 1. The van der Waals surface area contributed by atoms with Gasteiger partial charge in [-0.3, -0.25) is 9.48 Å². The first-order valence-corrected chi connectivity index (χ1v) is 7.95. The summed E-state index contributed by atoms with van der Waals surface area (Å²) in [6.07, 6.45) is 1.74. The molecular weight excluding hydrogens is 322 g/mol.